The standard InChI is InChI=1S/C24H37N3O8/c1-16(28)19(21(30)33-5)27-20(29)18(13-9-10-14-25-22(31)35-24(2,3)4)26-23(32)34-15-17-11-7-6-8-12-17/h6-8,11-12,16,18-19,28H,9-10,13-15H2,1-5H3,(H,25,31)(H,26,32)(H,27,29)/t16-,18+,19+/m1/s1. The first-order chi connectivity index (χ1) is 16.4. The largest absolute Gasteiger partial charge is 0.467 e. The van der Waals surface area contributed by atoms with Crippen LogP contribution in [0.25, 0.3) is 0 Å². The number of unbranched alkanes of at least 4 members (excludes halogenated alkanes) is 1. The molecule has 0 saturated carbocycles. The number of hydrogen-bond donors (Lipinski definition) is 4. The van der Waals surface area contributed by atoms with Gasteiger partial charge in [-0.3, -0.25) is 4.79 Å². The van der Waals surface area contributed by atoms with Crippen LogP contribution in [0.4, 0.5) is 9.59 Å². The first kappa shape index (κ1) is 29.7. The van der Waals surface area contributed by atoms with Gasteiger partial charge in [0, 0.05) is 6.54 Å². The lowest BCUT2D eigenvalue weighted by atomic mass is 10.1. The molecule has 11 nitrogen and oxygen atoms in total. The van der Waals surface area contributed by atoms with Gasteiger partial charge in [0.1, 0.15) is 18.2 Å². The average molecular weight is 496 g/mol. The number of rotatable bonds is 12. The van der Waals surface area contributed by atoms with Crippen LogP contribution in [-0.2, 0) is 30.4 Å². The maximum atomic E-state index is 12.8. The molecule has 11 heteroatoms. The first-order valence-corrected chi connectivity index (χ1v) is 11.4. The molecule has 0 fully saturated rings. The molecule has 1 rings (SSSR count). The number of aliphatic hydroxyl groups excluding tert-OH is 1. The highest BCUT2D eigenvalue weighted by Crippen LogP contribution is 2.08. The number of nitrogens with one attached hydrogen (secondary N) is 3. The summed E-state index contributed by atoms with van der Waals surface area (Å²) in [6.45, 7) is 6.92. The Balaban J connectivity index is 2.69. The van der Waals surface area contributed by atoms with E-state index in [2.05, 4.69) is 20.7 Å². The number of hydrogen-bond acceptors (Lipinski definition) is 8. The number of esters is 1. The molecule has 0 unspecified atom stereocenters. The zero-order valence-electron chi connectivity index (χ0n) is 21.0. The molecule has 4 N–H and O–H groups in total. The third kappa shape index (κ3) is 12.6. The first-order valence-electron chi connectivity index (χ1n) is 11.4. The Hall–Kier alpha value is -3.34. The number of benzene rings is 1. The third-order valence-electron chi connectivity index (χ3n) is 4.64. The van der Waals surface area contributed by atoms with Crippen molar-refractivity contribution in [1.82, 2.24) is 16.0 Å². The molecule has 0 saturated heterocycles. The van der Waals surface area contributed by atoms with E-state index < -0.39 is 47.9 Å². The van der Waals surface area contributed by atoms with Gasteiger partial charge in [-0.15, -0.1) is 0 Å². The Morgan fingerprint density at radius 3 is 2.23 bits per heavy atom. The van der Waals surface area contributed by atoms with Crippen molar-refractivity contribution >= 4 is 24.1 Å². The Morgan fingerprint density at radius 2 is 1.66 bits per heavy atom. The van der Waals surface area contributed by atoms with Gasteiger partial charge in [-0.1, -0.05) is 30.3 Å². The van der Waals surface area contributed by atoms with Gasteiger partial charge in [0.2, 0.25) is 5.91 Å². The Morgan fingerprint density at radius 1 is 1.00 bits per heavy atom. The molecule has 1 aromatic carbocycles. The van der Waals surface area contributed by atoms with E-state index in [0.29, 0.717) is 19.4 Å². The summed E-state index contributed by atoms with van der Waals surface area (Å²) < 4.78 is 15.0. The van der Waals surface area contributed by atoms with Crippen LogP contribution in [0.3, 0.4) is 0 Å². The van der Waals surface area contributed by atoms with Crippen molar-refractivity contribution in [2.75, 3.05) is 13.7 Å². The molecule has 35 heavy (non-hydrogen) atoms. The molecule has 0 aliphatic rings. The number of carbonyl (C=O) groups is 4. The second kappa shape index (κ2) is 14.8. The van der Waals surface area contributed by atoms with E-state index in [0.717, 1.165) is 12.7 Å². The van der Waals surface area contributed by atoms with E-state index in [4.69, 9.17) is 9.47 Å². The van der Waals surface area contributed by atoms with Crippen LogP contribution in [0.5, 0.6) is 0 Å². The highest BCUT2D eigenvalue weighted by molar-refractivity contribution is 5.89. The fourth-order valence-corrected chi connectivity index (χ4v) is 2.91. The molecular weight excluding hydrogens is 458 g/mol. The summed E-state index contributed by atoms with van der Waals surface area (Å²) in [5.74, 6) is -1.50. The molecule has 0 aromatic heterocycles. The number of aliphatic hydroxyl groups is 1. The van der Waals surface area contributed by atoms with Gasteiger partial charge < -0.3 is 35.3 Å². The Labute approximate surface area is 205 Å². The zero-order chi connectivity index (χ0) is 26.4. The summed E-state index contributed by atoms with van der Waals surface area (Å²) >= 11 is 0. The topological polar surface area (TPSA) is 152 Å². The van der Waals surface area contributed by atoms with Crippen LogP contribution in [0.2, 0.25) is 0 Å². The summed E-state index contributed by atoms with van der Waals surface area (Å²) in [5, 5.41) is 17.4. The summed E-state index contributed by atoms with van der Waals surface area (Å²) in [6, 6.07) is 6.68. The minimum absolute atomic E-state index is 0.0132. The maximum Gasteiger partial charge on any atom is 0.408 e. The van der Waals surface area contributed by atoms with Gasteiger partial charge in [-0.05, 0) is 52.5 Å². The molecule has 0 spiro atoms. The molecule has 0 aliphatic carbocycles. The van der Waals surface area contributed by atoms with Crippen molar-refractivity contribution in [3.8, 4) is 0 Å². The van der Waals surface area contributed by atoms with Crippen molar-refractivity contribution in [2.24, 2.45) is 0 Å². The van der Waals surface area contributed by atoms with Crippen molar-refractivity contribution < 1.29 is 38.5 Å². The third-order valence-corrected chi connectivity index (χ3v) is 4.64. The van der Waals surface area contributed by atoms with E-state index >= 15 is 0 Å². The summed E-state index contributed by atoms with van der Waals surface area (Å²) in [6.07, 6.45) is -1.43. The molecule has 196 valence electrons. The van der Waals surface area contributed by atoms with E-state index in [-0.39, 0.29) is 13.0 Å². The predicted octanol–water partition coefficient (Wildman–Crippen LogP) is 2.02. The second-order valence-corrected chi connectivity index (χ2v) is 8.93. The molecule has 0 radical (unpaired) electrons. The lowest BCUT2D eigenvalue weighted by molar-refractivity contribution is -0.148. The fourth-order valence-electron chi connectivity index (χ4n) is 2.91. The van der Waals surface area contributed by atoms with Crippen molar-refractivity contribution in [3.05, 3.63) is 35.9 Å². The van der Waals surface area contributed by atoms with Gasteiger partial charge in [-0.25, -0.2) is 14.4 Å². The molecule has 0 heterocycles. The zero-order valence-corrected chi connectivity index (χ0v) is 21.0. The minimum atomic E-state index is -1.30. The maximum absolute atomic E-state index is 12.8. The molecular formula is C24H37N3O8. The highest BCUT2D eigenvalue weighted by Gasteiger charge is 2.30. The molecule has 3 atom stereocenters. The van der Waals surface area contributed by atoms with E-state index in [9.17, 15) is 24.3 Å². The average Bonchev–Trinajstić information content (AvgIpc) is 2.78. The SMILES string of the molecule is COC(=O)[C@@H](NC(=O)[C@H](CCCCNC(=O)OC(C)(C)C)NC(=O)OCc1ccccc1)[C@@H](C)O. The van der Waals surface area contributed by atoms with Crippen LogP contribution in [0, 0.1) is 0 Å². The van der Waals surface area contributed by atoms with Gasteiger partial charge in [0.25, 0.3) is 0 Å². The van der Waals surface area contributed by atoms with E-state index in [1.807, 2.05) is 6.07 Å². The Kier molecular flexibility index (Phi) is 12.6. The van der Waals surface area contributed by atoms with Crippen molar-refractivity contribution in [2.45, 2.75) is 77.4 Å². The van der Waals surface area contributed by atoms with Crippen LogP contribution in [0.15, 0.2) is 30.3 Å². The van der Waals surface area contributed by atoms with Gasteiger partial charge in [-0.2, -0.15) is 0 Å². The molecule has 1 aromatic rings. The molecule has 0 aliphatic heterocycles. The number of methoxy groups -OCH3 is 1. The van der Waals surface area contributed by atoms with Crippen LogP contribution < -0.4 is 16.0 Å². The fraction of sp³-hybridized carbons (Fsp3) is 0.583. The van der Waals surface area contributed by atoms with Crippen LogP contribution >= 0.6 is 0 Å². The molecule has 3 amide bonds. The summed E-state index contributed by atoms with van der Waals surface area (Å²) in [4.78, 5) is 48.8. The quantitative estimate of drug-likeness (QED) is 0.195. The molecule has 0 bridgehead atoms. The predicted molar refractivity (Wildman–Crippen MR) is 127 cm³/mol. The van der Waals surface area contributed by atoms with Gasteiger partial charge >= 0.3 is 18.2 Å². The number of ether oxygens (including phenoxy) is 3. The number of carbonyl (C=O) groups excluding carboxylic acids is 4. The van der Waals surface area contributed by atoms with Crippen molar-refractivity contribution in [1.29, 1.82) is 0 Å². The lowest BCUT2D eigenvalue weighted by Crippen LogP contribution is -2.55. The normalized spacial score (nSPS) is 13.5. The smallest absolute Gasteiger partial charge is 0.408 e. The van der Waals surface area contributed by atoms with E-state index in [1.165, 1.54) is 6.92 Å². The number of amides is 3. The number of alkyl carbamates (subject to hydrolysis) is 2. The van der Waals surface area contributed by atoms with Crippen molar-refractivity contribution in [3.63, 3.8) is 0 Å². The highest BCUT2D eigenvalue weighted by atomic mass is 16.6. The van der Waals surface area contributed by atoms with Crippen LogP contribution in [-0.4, -0.2) is 66.6 Å². The second-order valence-electron chi connectivity index (χ2n) is 8.93. The van der Waals surface area contributed by atoms with Gasteiger partial charge in [0.05, 0.1) is 13.2 Å². The summed E-state index contributed by atoms with van der Waals surface area (Å²) in [7, 11) is 1.14. The van der Waals surface area contributed by atoms with E-state index in [1.54, 1.807) is 45.0 Å². The monoisotopic (exact) mass is 495 g/mol. The summed E-state index contributed by atoms with van der Waals surface area (Å²) in [5.41, 5.74) is 0.161. The minimum Gasteiger partial charge on any atom is -0.467 e. The Bertz CT molecular complexity index is 824. The van der Waals surface area contributed by atoms with Crippen LogP contribution in [0.1, 0.15) is 52.5 Å². The van der Waals surface area contributed by atoms with Gasteiger partial charge in [0.15, 0.2) is 6.04 Å². The lowest BCUT2D eigenvalue weighted by Gasteiger charge is -2.23.